The zero-order chi connectivity index (χ0) is 23.6. The second-order valence-electron chi connectivity index (χ2n) is 11.2. The first-order valence-electron chi connectivity index (χ1n) is 11.7. The molecule has 2 aromatic rings. The SMILES string of the molecule is CC(C)N(C(P(c1ccccc1)c1ccccc1)=P(C)(C(C)(C)C)C(C)(C)C)C(C)C. The van der Waals surface area contributed by atoms with Crippen molar-refractivity contribution in [2.75, 3.05) is 6.66 Å². The molecule has 0 bridgehead atoms. The maximum Gasteiger partial charge on any atom is 0.0249 e. The van der Waals surface area contributed by atoms with Gasteiger partial charge in [-0.25, -0.2) is 0 Å². The van der Waals surface area contributed by atoms with Gasteiger partial charge in [0.1, 0.15) is 0 Å². The Morgan fingerprint density at radius 3 is 1.26 bits per heavy atom. The molecule has 0 saturated heterocycles. The smallest absolute Gasteiger partial charge is 0.0249 e. The number of hydrogen-bond acceptors (Lipinski definition) is 0. The Morgan fingerprint density at radius 1 is 0.677 bits per heavy atom. The Balaban J connectivity index is 3.15. The predicted molar refractivity (Wildman–Crippen MR) is 149 cm³/mol. The Bertz CT molecular complexity index is 819. The number of hydrogen-bond donors (Lipinski definition) is 0. The summed E-state index contributed by atoms with van der Waals surface area (Å²) in [6.07, 6.45) is 0. The molecule has 0 atom stereocenters. The van der Waals surface area contributed by atoms with E-state index >= 15 is 0 Å². The average Bonchev–Trinajstić information content (AvgIpc) is 2.66. The van der Waals surface area contributed by atoms with Crippen molar-refractivity contribution in [1.29, 1.82) is 0 Å². The molecule has 0 spiro atoms. The van der Waals surface area contributed by atoms with Gasteiger partial charge in [0.2, 0.25) is 0 Å². The van der Waals surface area contributed by atoms with Crippen molar-refractivity contribution in [2.45, 2.75) is 91.6 Å². The highest BCUT2D eigenvalue weighted by Crippen LogP contribution is 2.70. The lowest BCUT2D eigenvalue weighted by Gasteiger charge is -2.53. The molecular weight excluding hydrogens is 412 g/mol. The van der Waals surface area contributed by atoms with Crippen LogP contribution in [0.25, 0.3) is 0 Å². The van der Waals surface area contributed by atoms with E-state index in [9.17, 15) is 0 Å². The van der Waals surface area contributed by atoms with Crippen LogP contribution in [-0.4, -0.2) is 39.1 Å². The summed E-state index contributed by atoms with van der Waals surface area (Å²) in [5.41, 5.74) is 0. The number of rotatable bonds is 6. The van der Waals surface area contributed by atoms with Crippen LogP contribution in [0.4, 0.5) is 0 Å². The molecule has 2 rings (SSSR count). The third kappa shape index (κ3) is 5.38. The van der Waals surface area contributed by atoms with E-state index in [1.807, 2.05) is 0 Å². The van der Waals surface area contributed by atoms with Crippen molar-refractivity contribution in [3.05, 3.63) is 60.7 Å². The third-order valence-electron chi connectivity index (χ3n) is 6.66. The molecule has 0 saturated carbocycles. The zero-order valence-corrected chi connectivity index (χ0v) is 23.6. The molecular formula is C28H45NP2. The minimum absolute atomic E-state index is 0.201. The van der Waals surface area contributed by atoms with E-state index in [4.69, 9.17) is 0 Å². The van der Waals surface area contributed by atoms with E-state index in [0.717, 1.165) is 0 Å². The van der Waals surface area contributed by atoms with Crippen LogP contribution >= 0.6 is 14.8 Å². The van der Waals surface area contributed by atoms with Crippen LogP contribution < -0.4 is 10.6 Å². The molecule has 0 N–H and O–H groups in total. The quantitative estimate of drug-likeness (QED) is 0.404. The lowest BCUT2D eigenvalue weighted by Crippen LogP contribution is -2.47. The first kappa shape index (κ1) is 26.4. The van der Waals surface area contributed by atoms with Gasteiger partial charge in [-0.3, -0.25) is 4.90 Å². The van der Waals surface area contributed by atoms with Gasteiger partial charge in [0.05, 0.1) is 0 Å². The molecule has 0 aromatic heterocycles. The summed E-state index contributed by atoms with van der Waals surface area (Å²) in [5.74, 6) is 0. The fourth-order valence-corrected chi connectivity index (χ4v) is 15.4. The fraction of sp³-hybridized carbons (Fsp3) is 0.536. The molecule has 0 unspecified atom stereocenters. The molecule has 0 amide bonds. The Hall–Kier alpha value is -0.870. The molecule has 3 heteroatoms. The van der Waals surface area contributed by atoms with E-state index in [2.05, 4.69) is 141 Å². The maximum atomic E-state index is 2.79. The first-order valence-corrected chi connectivity index (χ1v) is 15.2. The van der Waals surface area contributed by atoms with Crippen molar-refractivity contribution < 1.29 is 0 Å². The van der Waals surface area contributed by atoms with Crippen molar-refractivity contribution >= 4 is 30.6 Å². The average molecular weight is 458 g/mol. The molecule has 0 radical (unpaired) electrons. The van der Waals surface area contributed by atoms with Crippen molar-refractivity contribution in [2.24, 2.45) is 0 Å². The van der Waals surface area contributed by atoms with Crippen LogP contribution in [0.15, 0.2) is 60.7 Å². The third-order valence-corrected chi connectivity index (χ3v) is 17.1. The summed E-state index contributed by atoms with van der Waals surface area (Å²) in [4.78, 5) is 2.79. The highest BCUT2D eigenvalue weighted by molar-refractivity contribution is 8.02. The van der Waals surface area contributed by atoms with Gasteiger partial charge in [0, 0.05) is 17.2 Å². The van der Waals surface area contributed by atoms with Crippen LogP contribution in [0.1, 0.15) is 69.2 Å². The van der Waals surface area contributed by atoms with Gasteiger partial charge < -0.3 is 0 Å². The van der Waals surface area contributed by atoms with Gasteiger partial charge in [-0.05, 0) is 63.2 Å². The monoisotopic (exact) mass is 457 g/mol. The van der Waals surface area contributed by atoms with E-state index in [1.165, 1.54) is 10.6 Å². The largest absolute Gasteiger partial charge is 0.269 e. The molecule has 172 valence electrons. The van der Waals surface area contributed by atoms with Crippen molar-refractivity contribution in [3.63, 3.8) is 0 Å². The second-order valence-corrected chi connectivity index (χ2v) is 18.8. The first-order chi connectivity index (χ1) is 14.2. The molecule has 0 aliphatic carbocycles. The zero-order valence-electron chi connectivity index (χ0n) is 21.8. The molecule has 1 nitrogen and oxygen atoms in total. The van der Waals surface area contributed by atoms with E-state index in [0.29, 0.717) is 12.1 Å². The molecule has 0 aliphatic heterocycles. The summed E-state index contributed by atoms with van der Waals surface area (Å²) in [6, 6.07) is 23.5. The van der Waals surface area contributed by atoms with Gasteiger partial charge >= 0.3 is 0 Å². The normalized spacial score (nSPS) is 13.5. The van der Waals surface area contributed by atoms with E-state index in [1.54, 1.807) is 5.16 Å². The second kappa shape index (κ2) is 9.95. The van der Waals surface area contributed by atoms with Crippen LogP contribution in [0.2, 0.25) is 0 Å². The van der Waals surface area contributed by atoms with Gasteiger partial charge in [0.15, 0.2) is 0 Å². The van der Waals surface area contributed by atoms with Crippen LogP contribution in [0.5, 0.6) is 0 Å². The lowest BCUT2D eigenvalue weighted by atomic mass is 10.2. The van der Waals surface area contributed by atoms with Gasteiger partial charge in [-0.15, -0.1) is 0 Å². The highest BCUT2D eigenvalue weighted by Gasteiger charge is 2.45. The minimum Gasteiger partial charge on any atom is -0.269 e. The standard InChI is InChI=1S/C28H45NP2/c1-22(2)29(23(3)4)26(31(11,27(5,6)7)28(8,9)10)30(24-18-14-12-15-19-24)25-20-16-13-17-21-25/h12-23H,1-11H3. The summed E-state index contributed by atoms with van der Waals surface area (Å²) in [7, 11) is -0.643. The van der Waals surface area contributed by atoms with Gasteiger partial charge in [-0.1, -0.05) is 109 Å². The topological polar surface area (TPSA) is 3.24 Å². The number of benzene rings is 2. The molecule has 0 fully saturated rings. The predicted octanol–water partition coefficient (Wildman–Crippen LogP) is 7.57. The lowest BCUT2D eigenvalue weighted by molar-refractivity contribution is 0.301. The van der Waals surface area contributed by atoms with Crippen molar-refractivity contribution in [3.8, 4) is 0 Å². The Morgan fingerprint density at radius 2 is 1.00 bits per heavy atom. The van der Waals surface area contributed by atoms with E-state index < -0.39 is 14.8 Å². The summed E-state index contributed by atoms with van der Waals surface area (Å²) in [6.45, 7) is 25.4. The highest BCUT2D eigenvalue weighted by atomic mass is 31.2. The molecule has 0 aliphatic rings. The maximum absolute atomic E-state index is 2.79. The van der Waals surface area contributed by atoms with Crippen LogP contribution in [-0.2, 0) is 0 Å². The van der Waals surface area contributed by atoms with E-state index in [-0.39, 0.29) is 10.3 Å². The Kier molecular flexibility index (Phi) is 8.47. The van der Waals surface area contributed by atoms with Crippen LogP contribution in [0.3, 0.4) is 0 Å². The summed E-state index contributed by atoms with van der Waals surface area (Å²) >= 11 is 0. The molecule has 0 heterocycles. The van der Waals surface area contributed by atoms with Gasteiger partial charge in [0.25, 0.3) is 0 Å². The van der Waals surface area contributed by atoms with Crippen LogP contribution in [0, 0.1) is 0 Å². The number of nitrogens with zero attached hydrogens (tertiary/aromatic N) is 1. The Labute approximate surface area is 194 Å². The molecule has 2 aromatic carbocycles. The van der Waals surface area contributed by atoms with Crippen molar-refractivity contribution in [1.82, 2.24) is 4.90 Å². The van der Waals surface area contributed by atoms with Gasteiger partial charge in [-0.2, -0.15) is 0 Å². The summed E-state index contributed by atoms with van der Waals surface area (Å²) in [5, 5.41) is 5.04. The molecule has 31 heavy (non-hydrogen) atoms. The minimum atomic E-state index is -1.63. The summed E-state index contributed by atoms with van der Waals surface area (Å²) < 4.78 is 0. The fourth-order valence-electron chi connectivity index (χ4n) is 4.74.